The van der Waals surface area contributed by atoms with Gasteiger partial charge in [0.25, 0.3) is 0 Å². The third-order valence-electron chi connectivity index (χ3n) is 4.02. The molecule has 0 amide bonds. The van der Waals surface area contributed by atoms with Crippen molar-refractivity contribution < 1.29 is 4.74 Å². The fourth-order valence-electron chi connectivity index (χ4n) is 1.80. The molecule has 0 aliphatic heterocycles. The molecule has 0 saturated heterocycles. The van der Waals surface area contributed by atoms with Gasteiger partial charge in [0.05, 0.1) is 0 Å². The van der Waals surface area contributed by atoms with Gasteiger partial charge in [-0.3, -0.25) is 0 Å². The van der Waals surface area contributed by atoms with Gasteiger partial charge in [-0.15, -0.1) is 0 Å². The Morgan fingerprint density at radius 3 is 2.38 bits per heavy atom. The maximum Gasteiger partial charge on any atom is 0.0471 e. The number of hydrogen-bond acceptors (Lipinski definition) is 2. The number of hydrogen-bond donors (Lipinski definition) is 1. The van der Waals surface area contributed by atoms with Crippen molar-refractivity contribution in [1.82, 2.24) is 5.32 Å². The molecule has 2 nitrogen and oxygen atoms in total. The molecule has 0 aromatic carbocycles. The topological polar surface area (TPSA) is 21.3 Å². The van der Waals surface area contributed by atoms with E-state index in [1.165, 1.54) is 25.8 Å². The molecule has 1 atom stereocenters. The van der Waals surface area contributed by atoms with Crippen molar-refractivity contribution in [3.05, 3.63) is 0 Å². The lowest BCUT2D eigenvalue weighted by atomic mass is 9.87. The molecule has 16 heavy (non-hydrogen) atoms. The molecule has 96 valence electrons. The first-order valence-electron chi connectivity index (χ1n) is 6.71. The summed E-state index contributed by atoms with van der Waals surface area (Å²) in [6, 6.07) is 0.581. The van der Waals surface area contributed by atoms with Crippen LogP contribution in [-0.2, 0) is 4.74 Å². The molecule has 0 aromatic heterocycles. The predicted octanol–water partition coefficient (Wildman–Crippen LogP) is 3.22. The first-order chi connectivity index (χ1) is 7.40. The normalized spacial score (nSPS) is 20.8. The van der Waals surface area contributed by atoms with E-state index in [1.807, 2.05) is 0 Å². The van der Waals surface area contributed by atoms with Crippen molar-refractivity contribution in [3.8, 4) is 0 Å². The van der Waals surface area contributed by atoms with Crippen LogP contribution in [0.5, 0.6) is 0 Å². The Morgan fingerprint density at radius 2 is 1.94 bits per heavy atom. The molecular weight excluding hydrogens is 198 g/mol. The standard InChI is InChI=1S/C14H29NO/c1-6-16-10-9-14(7-8-14)11-15-12(2)13(3,4)5/h12,15H,6-11H2,1-5H3. The van der Waals surface area contributed by atoms with Crippen LogP contribution in [0.15, 0.2) is 0 Å². The zero-order valence-corrected chi connectivity index (χ0v) is 11.7. The fourth-order valence-corrected chi connectivity index (χ4v) is 1.80. The highest BCUT2D eigenvalue weighted by atomic mass is 16.5. The molecular formula is C14H29NO. The van der Waals surface area contributed by atoms with Gasteiger partial charge in [0.15, 0.2) is 0 Å². The summed E-state index contributed by atoms with van der Waals surface area (Å²) in [7, 11) is 0. The molecule has 1 rings (SSSR count). The molecule has 1 N–H and O–H groups in total. The average Bonchev–Trinajstić information content (AvgIpc) is 2.94. The summed E-state index contributed by atoms with van der Waals surface area (Å²) in [4.78, 5) is 0. The molecule has 1 fully saturated rings. The van der Waals surface area contributed by atoms with E-state index in [0.717, 1.165) is 13.2 Å². The first kappa shape index (κ1) is 14.0. The Labute approximate surface area is 101 Å². The third kappa shape index (κ3) is 4.42. The minimum absolute atomic E-state index is 0.357. The average molecular weight is 227 g/mol. The zero-order valence-electron chi connectivity index (χ0n) is 11.7. The first-order valence-corrected chi connectivity index (χ1v) is 6.71. The smallest absolute Gasteiger partial charge is 0.0471 e. The van der Waals surface area contributed by atoms with E-state index in [9.17, 15) is 0 Å². The van der Waals surface area contributed by atoms with Gasteiger partial charge in [0.1, 0.15) is 0 Å². The quantitative estimate of drug-likeness (QED) is 0.674. The largest absolute Gasteiger partial charge is 0.382 e. The highest BCUT2D eigenvalue weighted by Crippen LogP contribution is 2.48. The van der Waals surface area contributed by atoms with Crippen molar-refractivity contribution in [2.75, 3.05) is 19.8 Å². The Balaban J connectivity index is 2.21. The van der Waals surface area contributed by atoms with E-state index >= 15 is 0 Å². The Morgan fingerprint density at radius 1 is 1.31 bits per heavy atom. The molecule has 0 bridgehead atoms. The van der Waals surface area contributed by atoms with E-state index in [2.05, 4.69) is 39.9 Å². The van der Waals surface area contributed by atoms with Crippen LogP contribution in [-0.4, -0.2) is 25.8 Å². The molecule has 1 saturated carbocycles. The second-order valence-electron chi connectivity index (χ2n) is 6.42. The van der Waals surface area contributed by atoms with Gasteiger partial charge in [0, 0.05) is 25.8 Å². The molecule has 1 aliphatic carbocycles. The lowest BCUT2D eigenvalue weighted by molar-refractivity contribution is 0.126. The van der Waals surface area contributed by atoms with Crippen LogP contribution in [0.1, 0.15) is 53.9 Å². The SMILES string of the molecule is CCOCCC1(CNC(C)C(C)(C)C)CC1. The van der Waals surface area contributed by atoms with Gasteiger partial charge in [-0.25, -0.2) is 0 Å². The van der Waals surface area contributed by atoms with Crippen molar-refractivity contribution >= 4 is 0 Å². The highest BCUT2D eigenvalue weighted by Gasteiger charge is 2.42. The molecule has 0 spiro atoms. The van der Waals surface area contributed by atoms with E-state index in [4.69, 9.17) is 4.74 Å². The van der Waals surface area contributed by atoms with Crippen molar-refractivity contribution in [2.45, 2.75) is 59.9 Å². The zero-order chi connectivity index (χ0) is 12.2. The maximum absolute atomic E-state index is 5.46. The Bertz CT molecular complexity index is 203. The van der Waals surface area contributed by atoms with Gasteiger partial charge < -0.3 is 10.1 Å². The summed E-state index contributed by atoms with van der Waals surface area (Å²) in [6.45, 7) is 14.2. The summed E-state index contributed by atoms with van der Waals surface area (Å²) >= 11 is 0. The van der Waals surface area contributed by atoms with Crippen LogP contribution in [0, 0.1) is 10.8 Å². The predicted molar refractivity (Wildman–Crippen MR) is 69.7 cm³/mol. The molecule has 2 heteroatoms. The van der Waals surface area contributed by atoms with Crippen molar-refractivity contribution in [2.24, 2.45) is 10.8 Å². The molecule has 0 heterocycles. The summed E-state index contributed by atoms with van der Waals surface area (Å²) in [5.74, 6) is 0. The highest BCUT2D eigenvalue weighted by molar-refractivity contribution is 4.95. The van der Waals surface area contributed by atoms with Gasteiger partial charge in [-0.05, 0) is 43.9 Å². The van der Waals surface area contributed by atoms with Gasteiger partial charge >= 0.3 is 0 Å². The van der Waals surface area contributed by atoms with Crippen LogP contribution in [0.2, 0.25) is 0 Å². The van der Waals surface area contributed by atoms with Crippen molar-refractivity contribution in [1.29, 1.82) is 0 Å². The van der Waals surface area contributed by atoms with E-state index in [1.54, 1.807) is 0 Å². The van der Waals surface area contributed by atoms with Crippen LogP contribution >= 0.6 is 0 Å². The van der Waals surface area contributed by atoms with Crippen LogP contribution in [0.25, 0.3) is 0 Å². The fraction of sp³-hybridized carbons (Fsp3) is 1.00. The van der Waals surface area contributed by atoms with Gasteiger partial charge in [-0.2, -0.15) is 0 Å². The second-order valence-corrected chi connectivity index (χ2v) is 6.42. The summed E-state index contributed by atoms with van der Waals surface area (Å²) in [6.07, 6.45) is 3.98. The number of ether oxygens (including phenoxy) is 1. The number of nitrogens with one attached hydrogen (secondary N) is 1. The monoisotopic (exact) mass is 227 g/mol. The molecule has 0 radical (unpaired) electrons. The molecule has 1 aliphatic rings. The van der Waals surface area contributed by atoms with Crippen LogP contribution in [0.4, 0.5) is 0 Å². The van der Waals surface area contributed by atoms with E-state index < -0.39 is 0 Å². The van der Waals surface area contributed by atoms with Crippen molar-refractivity contribution in [3.63, 3.8) is 0 Å². The van der Waals surface area contributed by atoms with Gasteiger partial charge in [-0.1, -0.05) is 20.8 Å². The second kappa shape index (κ2) is 5.50. The van der Waals surface area contributed by atoms with Crippen LogP contribution in [0.3, 0.4) is 0 Å². The number of rotatable bonds is 7. The lowest BCUT2D eigenvalue weighted by Crippen LogP contribution is -2.40. The minimum atomic E-state index is 0.357. The van der Waals surface area contributed by atoms with E-state index in [-0.39, 0.29) is 0 Å². The molecule has 1 unspecified atom stereocenters. The van der Waals surface area contributed by atoms with E-state index in [0.29, 0.717) is 16.9 Å². The Hall–Kier alpha value is -0.0800. The summed E-state index contributed by atoms with van der Waals surface area (Å²) in [5.41, 5.74) is 0.921. The lowest BCUT2D eigenvalue weighted by Gasteiger charge is -2.30. The molecule has 0 aromatic rings. The van der Waals surface area contributed by atoms with Gasteiger partial charge in [0.2, 0.25) is 0 Å². The summed E-state index contributed by atoms with van der Waals surface area (Å²) < 4.78 is 5.46. The minimum Gasteiger partial charge on any atom is -0.382 e. The summed E-state index contributed by atoms with van der Waals surface area (Å²) in [5, 5.41) is 3.70. The third-order valence-corrected chi connectivity index (χ3v) is 4.02. The Kier molecular flexibility index (Phi) is 4.81. The van der Waals surface area contributed by atoms with Crippen LogP contribution < -0.4 is 5.32 Å². The maximum atomic E-state index is 5.46.